The molecule has 7 heteroatoms. The van der Waals surface area contributed by atoms with Crippen LogP contribution in [0.1, 0.15) is 21.0 Å². The van der Waals surface area contributed by atoms with Crippen molar-refractivity contribution in [1.82, 2.24) is 15.3 Å². The van der Waals surface area contributed by atoms with E-state index in [1.54, 1.807) is 0 Å². The zero-order chi connectivity index (χ0) is 9.59. The van der Waals surface area contributed by atoms with Crippen LogP contribution in [0.4, 0.5) is 11.6 Å². The number of nitrogen functional groups attached to an aromatic ring is 2. The number of nitrogens with zero attached hydrogens (tertiary/aromatic N) is 2. The van der Waals surface area contributed by atoms with E-state index in [0.717, 1.165) is 0 Å². The lowest BCUT2D eigenvalue weighted by molar-refractivity contribution is 0.0876. The Kier molecular flexibility index (Phi) is 1.24. The van der Waals surface area contributed by atoms with Crippen molar-refractivity contribution in [3.8, 4) is 0 Å². The van der Waals surface area contributed by atoms with E-state index in [1.165, 1.54) is 0 Å². The van der Waals surface area contributed by atoms with Crippen molar-refractivity contribution < 1.29 is 9.59 Å². The number of hydrogen-bond acceptors (Lipinski definition) is 6. The highest BCUT2D eigenvalue weighted by Gasteiger charge is 2.30. The number of carbonyl (C=O) groups excluding carboxylic acids is 2. The van der Waals surface area contributed by atoms with Gasteiger partial charge in [0.05, 0.1) is 0 Å². The topological polar surface area (TPSA) is 124 Å². The van der Waals surface area contributed by atoms with Crippen LogP contribution in [-0.4, -0.2) is 21.8 Å². The molecule has 0 spiro atoms. The van der Waals surface area contributed by atoms with Gasteiger partial charge < -0.3 is 11.5 Å². The Labute approximate surface area is 72.1 Å². The molecule has 0 saturated carbocycles. The van der Waals surface area contributed by atoms with Crippen molar-refractivity contribution in [2.24, 2.45) is 0 Å². The summed E-state index contributed by atoms with van der Waals surface area (Å²) in [6, 6.07) is 0. The highest BCUT2D eigenvalue weighted by molar-refractivity contribution is 6.19. The van der Waals surface area contributed by atoms with Gasteiger partial charge in [0, 0.05) is 0 Å². The summed E-state index contributed by atoms with van der Waals surface area (Å²) >= 11 is 0. The molecule has 2 heterocycles. The first-order valence-electron chi connectivity index (χ1n) is 3.38. The summed E-state index contributed by atoms with van der Waals surface area (Å²) in [5.41, 5.74) is 10.5. The van der Waals surface area contributed by atoms with Gasteiger partial charge >= 0.3 is 0 Å². The van der Waals surface area contributed by atoms with Crippen molar-refractivity contribution in [2.45, 2.75) is 0 Å². The molecule has 0 bridgehead atoms. The van der Waals surface area contributed by atoms with Crippen LogP contribution in [0.15, 0.2) is 0 Å². The van der Waals surface area contributed by atoms with E-state index in [-0.39, 0.29) is 23.0 Å². The summed E-state index contributed by atoms with van der Waals surface area (Å²) in [7, 11) is 0. The number of aromatic nitrogens is 2. The summed E-state index contributed by atoms with van der Waals surface area (Å²) in [5.74, 6) is -1.30. The van der Waals surface area contributed by atoms with Crippen LogP contribution in [0, 0.1) is 0 Å². The lowest BCUT2D eigenvalue weighted by atomic mass is 10.3. The minimum atomic E-state index is -0.598. The molecule has 2 rings (SSSR count). The molecule has 0 unspecified atom stereocenters. The third-order valence-electron chi connectivity index (χ3n) is 1.61. The van der Waals surface area contributed by atoms with Crippen LogP contribution in [0.2, 0.25) is 0 Å². The Morgan fingerprint density at radius 3 is 1.69 bits per heavy atom. The fraction of sp³-hybridized carbons (Fsp3) is 0. The highest BCUT2D eigenvalue weighted by atomic mass is 16.2. The summed E-state index contributed by atoms with van der Waals surface area (Å²) in [6.07, 6.45) is 0. The average molecular weight is 179 g/mol. The second kappa shape index (κ2) is 2.16. The molecule has 1 aromatic rings. The fourth-order valence-corrected chi connectivity index (χ4v) is 0.999. The first-order chi connectivity index (χ1) is 6.09. The van der Waals surface area contributed by atoms with Gasteiger partial charge in [-0.2, -0.15) is 0 Å². The van der Waals surface area contributed by atoms with Crippen molar-refractivity contribution in [1.29, 1.82) is 0 Å². The minimum absolute atomic E-state index is 0.0522. The first kappa shape index (κ1) is 7.47. The minimum Gasteiger partial charge on any atom is -0.381 e. The van der Waals surface area contributed by atoms with Gasteiger partial charge in [0.1, 0.15) is 0 Å². The number of fused-ring (bicyclic) bond motifs is 1. The smallest absolute Gasteiger partial charge is 0.279 e. The second-order valence-electron chi connectivity index (χ2n) is 2.47. The molecular formula is C6H5N5O2. The molecule has 7 nitrogen and oxygen atoms in total. The lowest BCUT2D eigenvalue weighted by Gasteiger charge is -1.98. The van der Waals surface area contributed by atoms with Crippen LogP contribution in [0.3, 0.4) is 0 Å². The molecule has 0 radical (unpaired) electrons. The molecule has 1 aliphatic heterocycles. The predicted molar refractivity (Wildman–Crippen MR) is 42.7 cm³/mol. The Balaban J connectivity index is 2.72. The fourth-order valence-electron chi connectivity index (χ4n) is 0.999. The molecule has 2 amide bonds. The van der Waals surface area contributed by atoms with Crippen LogP contribution in [-0.2, 0) is 0 Å². The van der Waals surface area contributed by atoms with E-state index in [1.807, 2.05) is 5.32 Å². The van der Waals surface area contributed by atoms with E-state index < -0.39 is 11.8 Å². The van der Waals surface area contributed by atoms with E-state index in [4.69, 9.17) is 11.5 Å². The number of carbonyl (C=O) groups is 2. The number of rotatable bonds is 0. The molecule has 0 aliphatic carbocycles. The molecule has 13 heavy (non-hydrogen) atoms. The molecule has 0 saturated heterocycles. The van der Waals surface area contributed by atoms with Crippen LogP contribution in [0.25, 0.3) is 0 Å². The Bertz CT molecular complexity index is 388. The zero-order valence-electron chi connectivity index (χ0n) is 6.37. The maximum Gasteiger partial charge on any atom is 0.279 e. The standard InChI is InChI=1S/C6H5N5O2/c7-3-4(8)10-2-1(9-3)5(12)11-6(2)13/h(H2,7,9)(H2,8,10)(H,11,12,13). The third kappa shape index (κ3) is 0.901. The van der Waals surface area contributed by atoms with Gasteiger partial charge in [-0.15, -0.1) is 0 Å². The second-order valence-corrected chi connectivity index (χ2v) is 2.47. The van der Waals surface area contributed by atoms with E-state index in [9.17, 15) is 9.59 Å². The van der Waals surface area contributed by atoms with Gasteiger partial charge in [-0.05, 0) is 0 Å². The number of nitrogens with one attached hydrogen (secondary N) is 1. The van der Waals surface area contributed by atoms with Crippen molar-refractivity contribution >= 4 is 23.5 Å². The Morgan fingerprint density at radius 1 is 0.923 bits per heavy atom. The molecular weight excluding hydrogens is 174 g/mol. The lowest BCUT2D eigenvalue weighted by Crippen LogP contribution is -2.20. The average Bonchev–Trinajstić information content (AvgIpc) is 2.31. The van der Waals surface area contributed by atoms with Gasteiger partial charge in [0.25, 0.3) is 11.8 Å². The Hall–Kier alpha value is -2.18. The molecule has 0 atom stereocenters. The Morgan fingerprint density at radius 2 is 1.31 bits per heavy atom. The number of anilines is 2. The number of hydrogen-bond donors (Lipinski definition) is 3. The quantitative estimate of drug-likeness (QED) is 0.417. The number of amides is 2. The van der Waals surface area contributed by atoms with Gasteiger partial charge in [-0.3, -0.25) is 14.9 Å². The van der Waals surface area contributed by atoms with Gasteiger partial charge in [0.15, 0.2) is 23.0 Å². The predicted octanol–water partition coefficient (Wildman–Crippen LogP) is -1.48. The van der Waals surface area contributed by atoms with Crippen LogP contribution >= 0.6 is 0 Å². The summed E-state index contributed by atoms with van der Waals surface area (Å²) in [4.78, 5) is 29.3. The molecule has 1 aromatic heterocycles. The summed E-state index contributed by atoms with van der Waals surface area (Å²) in [6.45, 7) is 0. The first-order valence-corrected chi connectivity index (χ1v) is 3.38. The largest absolute Gasteiger partial charge is 0.381 e. The van der Waals surface area contributed by atoms with Gasteiger partial charge in [-0.1, -0.05) is 0 Å². The van der Waals surface area contributed by atoms with E-state index in [2.05, 4.69) is 9.97 Å². The van der Waals surface area contributed by atoms with Crippen LogP contribution < -0.4 is 16.8 Å². The highest BCUT2D eigenvalue weighted by Crippen LogP contribution is 2.16. The van der Waals surface area contributed by atoms with Gasteiger partial charge in [0.2, 0.25) is 0 Å². The molecule has 1 aliphatic rings. The monoisotopic (exact) mass is 179 g/mol. The maximum absolute atomic E-state index is 11.0. The number of nitrogens with two attached hydrogens (primary N) is 2. The molecule has 0 fully saturated rings. The molecule has 66 valence electrons. The van der Waals surface area contributed by atoms with Crippen molar-refractivity contribution in [2.75, 3.05) is 11.5 Å². The third-order valence-corrected chi connectivity index (χ3v) is 1.61. The summed E-state index contributed by atoms with van der Waals surface area (Å²) < 4.78 is 0. The van der Waals surface area contributed by atoms with E-state index in [0.29, 0.717) is 0 Å². The zero-order valence-corrected chi connectivity index (χ0v) is 6.37. The van der Waals surface area contributed by atoms with E-state index >= 15 is 0 Å². The van der Waals surface area contributed by atoms with Crippen LogP contribution in [0.5, 0.6) is 0 Å². The van der Waals surface area contributed by atoms with Crippen molar-refractivity contribution in [3.63, 3.8) is 0 Å². The molecule has 5 N–H and O–H groups in total. The summed E-state index contributed by atoms with van der Waals surface area (Å²) in [5, 5.41) is 2.02. The number of imide groups is 1. The SMILES string of the molecule is Nc1nc2c(nc1N)C(=O)NC2=O. The maximum atomic E-state index is 11.0. The molecule has 0 aromatic carbocycles. The normalized spacial score (nSPS) is 14.2. The van der Waals surface area contributed by atoms with Gasteiger partial charge in [-0.25, -0.2) is 9.97 Å². The van der Waals surface area contributed by atoms with Crippen molar-refractivity contribution in [3.05, 3.63) is 11.4 Å².